The molecule has 2 aromatic carbocycles. The molecule has 0 saturated heterocycles. The highest BCUT2D eigenvalue weighted by Gasteiger charge is 2.15. The van der Waals surface area contributed by atoms with Crippen molar-refractivity contribution < 1.29 is 27.5 Å². The summed E-state index contributed by atoms with van der Waals surface area (Å²) in [5, 5.41) is 9.86. The summed E-state index contributed by atoms with van der Waals surface area (Å²) >= 11 is 0. The number of carbonyl (C=O) groups is 1. The number of aldehydes is 1. The third-order valence-corrected chi connectivity index (χ3v) is 4.53. The van der Waals surface area contributed by atoms with E-state index in [0.717, 1.165) is 31.4 Å². The Kier molecular flexibility index (Phi) is 11.9. The van der Waals surface area contributed by atoms with Crippen molar-refractivity contribution in [3.8, 4) is 0 Å². The first-order valence-electron chi connectivity index (χ1n) is 9.93. The van der Waals surface area contributed by atoms with Crippen LogP contribution in [0.3, 0.4) is 0 Å². The van der Waals surface area contributed by atoms with E-state index < -0.39 is 29.4 Å². The molecule has 1 N–H and O–H groups in total. The van der Waals surface area contributed by atoms with Crippen molar-refractivity contribution in [3.05, 3.63) is 70.8 Å². The van der Waals surface area contributed by atoms with Crippen molar-refractivity contribution in [2.75, 3.05) is 0 Å². The van der Waals surface area contributed by atoms with E-state index in [1.54, 1.807) is 0 Å². The second-order valence-electron chi connectivity index (χ2n) is 6.83. The van der Waals surface area contributed by atoms with E-state index in [1.807, 2.05) is 0 Å². The molecular formula is C23H28F4O2. The standard InChI is InChI=1S/C16H24F2O.C7H4F2O/c1-2-3-4-5-6-7-8-12-15(19)13-10-9-11-14(17)16(13)18;8-6-3-1-2-5(4-10)7(6)9/h9-11,15,19H,2-8,12H2,1H3;1-4H. The zero-order valence-corrected chi connectivity index (χ0v) is 16.6. The maximum absolute atomic E-state index is 13.4. The lowest BCUT2D eigenvalue weighted by atomic mass is 10.0. The fourth-order valence-electron chi connectivity index (χ4n) is 2.84. The molecule has 1 atom stereocenters. The van der Waals surface area contributed by atoms with E-state index in [1.165, 1.54) is 49.9 Å². The van der Waals surface area contributed by atoms with Crippen molar-refractivity contribution in [1.29, 1.82) is 0 Å². The van der Waals surface area contributed by atoms with Gasteiger partial charge >= 0.3 is 0 Å². The lowest BCUT2D eigenvalue weighted by molar-refractivity contribution is 0.111. The Balaban J connectivity index is 0.000000352. The van der Waals surface area contributed by atoms with Crippen LogP contribution in [0.2, 0.25) is 0 Å². The maximum Gasteiger partial charge on any atom is 0.169 e. The van der Waals surface area contributed by atoms with Gasteiger partial charge in [-0.3, -0.25) is 4.79 Å². The summed E-state index contributed by atoms with van der Waals surface area (Å²) in [4.78, 5) is 9.97. The quantitative estimate of drug-likeness (QED) is 0.261. The molecule has 0 spiro atoms. The van der Waals surface area contributed by atoms with Crippen molar-refractivity contribution in [2.24, 2.45) is 0 Å². The number of hydrogen-bond acceptors (Lipinski definition) is 2. The Hall–Kier alpha value is -2.21. The van der Waals surface area contributed by atoms with Crippen LogP contribution in [0.1, 0.15) is 80.3 Å². The van der Waals surface area contributed by atoms with Crippen LogP contribution in [-0.2, 0) is 0 Å². The van der Waals surface area contributed by atoms with Crippen LogP contribution in [0.15, 0.2) is 36.4 Å². The second kappa shape index (κ2) is 13.9. The number of benzene rings is 2. The van der Waals surface area contributed by atoms with Gasteiger partial charge in [0, 0.05) is 5.56 Å². The number of rotatable bonds is 10. The third-order valence-electron chi connectivity index (χ3n) is 4.53. The Morgan fingerprint density at radius 3 is 1.97 bits per heavy atom. The van der Waals surface area contributed by atoms with E-state index in [0.29, 0.717) is 6.42 Å². The Bertz CT molecular complexity index is 750. The predicted octanol–water partition coefficient (Wildman–Crippen LogP) is 6.92. The predicted molar refractivity (Wildman–Crippen MR) is 106 cm³/mol. The maximum atomic E-state index is 13.4. The molecule has 0 heterocycles. The second-order valence-corrected chi connectivity index (χ2v) is 6.83. The van der Waals surface area contributed by atoms with E-state index in [4.69, 9.17) is 0 Å². The lowest BCUT2D eigenvalue weighted by Crippen LogP contribution is -2.02. The van der Waals surface area contributed by atoms with E-state index in [-0.39, 0.29) is 17.4 Å². The molecule has 0 aliphatic rings. The average molecular weight is 412 g/mol. The van der Waals surface area contributed by atoms with Gasteiger partial charge < -0.3 is 5.11 Å². The summed E-state index contributed by atoms with van der Waals surface area (Å²) in [6.07, 6.45) is 7.91. The fraction of sp³-hybridized carbons (Fsp3) is 0.435. The molecule has 6 heteroatoms. The van der Waals surface area contributed by atoms with Gasteiger partial charge in [0.1, 0.15) is 0 Å². The summed E-state index contributed by atoms with van der Waals surface area (Å²) in [6, 6.07) is 7.40. The first-order chi connectivity index (χ1) is 13.9. The molecule has 0 aliphatic carbocycles. The smallest absolute Gasteiger partial charge is 0.169 e. The molecule has 0 bridgehead atoms. The monoisotopic (exact) mass is 412 g/mol. The highest BCUT2D eigenvalue weighted by atomic mass is 19.2. The number of halogens is 4. The third kappa shape index (κ3) is 8.77. The topological polar surface area (TPSA) is 37.3 Å². The summed E-state index contributed by atoms with van der Waals surface area (Å²) in [5.74, 6) is -3.89. The Morgan fingerprint density at radius 1 is 0.828 bits per heavy atom. The summed E-state index contributed by atoms with van der Waals surface area (Å²) in [5.41, 5.74) is -0.175. The molecule has 1 unspecified atom stereocenters. The van der Waals surface area contributed by atoms with E-state index in [2.05, 4.69) is 6.92 Å². The number of aliphatic hydroxyl groups is 1. The van der Waals surface area contributed by atoms with E-state index >= 15 is 0 Å². The van der Waals surface area contributed by atoms with Gasteiger partial charge in [-0.05, 0) is 24.6 Å². The minimum Gasteiger partial charge on any atom is -0.388 e. The van der Waals surface area contributed by atoms with Gasteiger partial charge in [-0.1, -0.05) is 70.1 Å². The summed E-state index contributed by atoms with van der Waals surface area (Å²) in [7, 11) is 0. The number of carbonyl (C=O) groups excluding carboxylic acids is 1. The normalized spacial score (nSPS) is 11.5. The molecular weight excluding hydrogens is 384 g/mol. The van der Waals surface area contributed by atoms with Gasteiger partial charge in [-0.15, -0.1) is 0 Å². The van der Waals surface area contributed by atoms with Crippen LogP contribution in [0.5, 0.6) is 0 Å². The molecule has 0 radical (unpaired) electrons. The van der Waals surface area contributed by atoms with Crippen LogP contribution < -0.4 is 0 Å². The van der Waals surface area contributed by atoms with Gasteiger partial charge in [-0.25, -0.2) is 17.6 Å². The molecule has 0 amide bonds. The van der Waals surface area contributed by atoms with Crippen LogP contribution in [0.25, 0.3) is 0 Å². The Morgan fingerprint density at radius 2 is 1.38 bits per heavy atom. The molecule has 0 saturated carbocycles. The first-order valence-corrected chi connectivity index (χ1v) is 9.93. The fourth-order valence-corrected chi connectivity index (χ4v) is 2.84. The van der Waals surface area contributed by atoms with Gasteiger partial charge in [0.05, 0.1) is 11.7 Å². The zero-order valence-electron chi connectivity index (χ0n) is 16.6. The van der Waals surface area contributed by atoms with Crippen molar-refractivity contribution >= 4 is 6.29 Å². The van der Waals surface area contributed by atoms with Crippen LogP contribution in [0, 0.1) is 23.3 Å². The Labute approximate surface area is 169 Å². The molecule has 0 aliphatic heterocycles. The van der Waals surface area contributed by atoms with Crippen molar-refractivity contribution in [1.82, 2.24) is 0 Å². The summed E-state index contributed by atoms with van der Waals surface area (Å²) in [6.45, 7) is 2.18. The number of hydrogen-bond donors (Lipinski definition) is 1. The minimum atomic E-state index is -1.09. The van der Waals surface area contributed by atoms with Gasteiger partial charge in [0.25, 0.3) is 0 Å². The first kappa shape index (κ1) is 24.8. The van der Waals surface area contributed by atoms with Gasteiger partial charge in [0.15, 0.2) is 29.6 Å². The largest absolute Gasteiger partial charge is 0.388 e. The average Bonchev–Trinajstić information content (AvgIpc) is 2.71. The zero-order chi connectivity index (χ0) is 21.6. The molecule has 2 rings (SSSR count). The number of aliphatic hydroxyl groups excluding tert-OH is 1. The minimum absolute atomic E-state index is 0.0750. The summed E-state index contributed by atoms with van der Waals surface area (Å²) < 4.78 is 51.1. The van der Waals surface area contributed by atoms with E-state index in [9.17, 15) is 27.5 Å². The highest BCUT2D eigenvalue weighted by molar-refractivity contribution is 5.74. The van der Waals surface area contributed by atoms with Gasteiger partial charge in [-0.2, -0.15) is 0 Å². The lowest BCUT2D eigenvalue weighted by Gasteiger charge is -2.12. The van der Waals surface area contributed by atoms with Gasteiger partial charge in [0.2, 0.25) is 0 Å². The molecule has 29 heavy (non-hydrogen) atoms. The highest BCUT2D eigenvalue weighted by Crippen LogP contribution is 2.24. The molecule has 160 valence electrons. The number of unbranched alkanes of at least 4 members (excludes halogenated alkanes) is 6. The molecule has 2 aromatic rings. The van der Waals surface area contributed by atoms with Crippen molar-refractivity contribution in [3.63, 3.8) is 0 Å². The molecule has 2 nitrogen and oxygen atoms in total. The van der Waals surface area contributed by atoms with Crippen LogP contribution >= 0.6 is 0 Å². The molecule has 0 aromatic heterocycles. The molecule has 0 fully saturated rings. The van der Waals surface area contributed by atoms with Crippen molar-refractivity contribution in [2.45, 2.75) is 64.4 Å². The van der Waals surface area contributed by atoms with Crippen LogP contribution in [-0.4, -0.2) is 11.4 Å². The SMILES string of the molecule is CCCCCCCCCC(O)c1cccc(F)c1F.O=Cc1cccc(F)c1F. The van der Waals surface area contributed by atoms with Crippen LogP contribution in [0.4, 0.5) is 17.6 Å².